The fourth-order valence-electron chi connectivity index (χ4n) is 3.75. The number of benzene rings is 2. The van der Waals surface area contributed by atoms with Gasteiger partial charge in [-0.05, 0) is 48.9 Å². The molecule has 0 bridgehead atoms. The van der Waals surface area contributed by atoms with E-state index in [-0.39, 0.29) is 5.69 Å². The van der Waals surface area contributed by atoms with Crippen molar-refractivity contribution >= 4 is 28.5 Å². The van der Waals surface area contributed by atoms with E-state index < -0.39 is 24.3 Å². The van der Waals surface area contributed by atoms with Gasteiger partial charge in [-0.25, -0.2) is 9.18 Å². The molecule has 1 aliphatic carbocycles. The first-order chi connectivity index (χ1) is 14.0. The molecule has 29 heavy (non-hydrogen) atoms. The lowest BCUT2D eigenvalue weighted by atomic mass is 9.84. The number of amides is 1. The molecule has 1 amide bonds. The van der Waals surface area contributed by atoms with Crippen molar-refractivity contribution in [3.63, 3.8) is 0 Å². The highest BCUT2D eigenvalue weighted by Crippen LogP contribution is 2.32. The lowest BCUT2D eigenvalue weighted by Gasteiger charge is -2.24. The highest BCUT2D eigenvalue weighted by molar-refractivity contribution is 6.06. The van der Waals surface area contributed by atoms with Crippen molar-refractivity contribution in [2.75, 3.05) is 11.9 Å². The normalized spacial score (nSPS) is 15.6. The summed E-state index contributed by atoms with van der Waals surface area (Å²) in [6.07, 6.45) is 2.59. The first-order valence-electron chi connectivity index (χ1n) is 9.65. The van der Waals surface area contributed by atoms with Crippen molar-refractivity contribution in [2.24, 2.45) is 5.92 Å². The summed E-state index contributed by atoms with van der Waals surface area (Å²) in [5, 5.41) is 3.14. The molecule has 0 radical (unpaired) electrons. The van der Waals surface area contributed by atoms with Gasteiger partial charge >= 0.3 is 5.97 Å². The van der Waals surface area contributed by atoms with Crippen LogP contribution in [-0.4, -0.2) is 23.5 Å². The summed E-state index contributed by atoms with van der Waals surface area (Å²) in [7, 11) is 0. The zero-order valence-corrected chi connectivity index (χ0v) is 16.1. The van der Waals surface area contributed by atoms with Crippen molar-refractivity contribution in [1.82, 2.24) is 4.98 Å². The van der Waals surface area contributed by atoms with Crippen molar-refractivity contribution in [3.05, 3.63) is 71.2 Å². The highest BCUT2D eigenvalue weighted by atomic mass is 19.1. The number of carbonyl (C=O) groups excluding carboxylic acids is 2. The third kappa shape index (κ3) is 3.97. The Morgan fingerprint density at radius 2 is 1.93 bits per heavy atom. The molecule has 0 saturated carbocycles. The second kappa shape index (κ2) is 7.99. The van der Waals surface area contributed by atoms with Crippen molar-refractivity contribution in [1.29, 1.82) is 0 Å². The molecule has 0 fully saturated rings. The van der Waals surface area contributed by atoms with Crippen molar-refractivity contribution in [2.45, 2.75) is 26.2 Å². The van der Waals surface area contributed by atoms with E-state index >= 15 is 0 Å². The number of esters is 1. The standard InChI is InChI=1S/C23H21FN2O3/c1-14-10-11-19-16(12-14)22(15-6-2-4-8-18(15)25-19)23(28)29-13-21(27)26-20-9-5-3-7-17(20)24/h2-9,14H,10-13H2,1H3,(H,26,27)/t14-/m0/s1. The van der Waals surface area contributed by atoms with Gasteiger partial charge in [-0.15, -0.1) is 0 Å². The van der Waals surface area contributed by atoms with Gasteiger partial charge in [0.25, 0.3) is 5.91 Å². The van der Waals surface area contributed by atoms with Crippen LogP contribution in [0.2, 0.25) is 0 Å². The number of hydrogen-bond donors (Lipinski definition) is 1. The zero-order chi connectivity index (χ0) is 20.4. The van der Waals surface area contributed by atoms with Crippen molar-refractivity contribution in [3.8, 4) is 0 Å². The molecule has 0 saturated heterocycles. The molecular formula is C23H21FN2O3. The summed E-state index contributed by atoms with van der Waals surface area (Å²) in [6, 6.07) is 13.3. The monoisotopic (exact) mass is 392 g/mol. The van der Waals surface area contributed by atoms with Crippen LogP contribution in [0.1, 0.15) is 35.0 Å². The van der Waals surface area contributed by atoms with Gasteiger partial charge in [0.15, 0.2) is 6.61 Å². The van der Waals surface area contributed by atoms with E-state index in [1.807, 2.05) is 24.3 Å². The molecule has 1 aromatic heterocycles. The van der Waals surface area contributed by atoms with Crippen LogP contribution in [0.4, 0.5) is 10.1 Å². The fourth-order valence-corrected chi connectivity index (χ4v) is 3.75. The van der Waals surface area contributed by atoms with Gasteiger partial charge in [0.05, 0.1) is 16.8 Å². The topological polar surface area (TPSA) is 68.3 Å². The van der Waals surface area contributed by atoms with Crippen LogP contribution in [0.15, 0.2) is 48.5 Å². The lowest BCUT2D eigenvalue weighted by Crippen LogP contribution is -2.24. The molecule has 5 nitrogen and oxygen atoms in total. The Balaban J connectivity index is 1.57. The maximum atomic E-state index is 13.7. The number of aromatic nitrogens is 1. The summed E-state index contributed by atoms with van der Waals surface area (Å²) in [5.74, 6) is -1.25. The second-order valence-corrected chi connectivity index (χ2v) is 7.38. The van der Waals surface area contributed by atoms with E-state index in [1.54, 1.807) is 6.07 Å². The first-order valence-corrected chi connectivity index (χ1v) is 9.65. The van der Waals surface area contributed by atoms with Crippen LogP contribution in [0.3, 0.4) is 0 Å². The van der Waals surface area contributed by atoms with E-state index in [0.29, 0.717) is 11.5 Å². The number of para-hydroxylation sites is 2. The van der Waals surface area contributed by atoms with Gasteiger partial charge in [0.1, 0.15) is 5.82 Å². The molecule has 1 atom stereocenters. The Kier molecular flexibility index (Phi) is 5.25. The quantitative estimate of drug-likeness (QED) is 0.673. The molecule has 0 spiro atoms. The van der Waals surface area contributed by atoms with E-state index in [1.165, 1.54) is 18.2 Å². The third-order valence-electron chi connectivity index (χ3n) is 5.19. The average molecular weight is 392 g/mol. The van der Waals surface area contributed by atoms with Crippen LogP contribution in [0, 0.1) is 11.7 Å². The Hall–Kier alpha value is -3.28. The van der Waals surface area contributed by atoms with Crippen LogP contribution < -0.4 is 5.32 Å². The number of carbonyl (C=O) groups is 2. The minimum absolute atomic E-state index is 0.0501. The number of anilines is 1. The molecule has 1 N–H and O–H groups in total. The van der Waals surface area contributed by atoms with Gasteiger partial charge in [-0.2, -0.15) is 0 Å². The highest BCUT2D eigenvalue weighted by Gasteiger charge is 2.26. The minimum atomic E-state index is -0.593. The number of pyridine rings is 1. The average Bonchev–Trinajstić information content (AvgIpc) is 2.72. The smallest absolute Gasteiger partial charge is 0.339 e. The van der Waals surface area contributed by atoms with Gasteiger partial charge in [0, 0.05) is 11.1 Å². The number of ether oxygens (including phenoxy) is 1. The molecule has 4 rings (SSSR count). The van der Waals surface area contributed by atoms with Crippen LogP contribution in [-0.2, 0) is 22.4 Å². The third-order valence-corrected chi connectivity index (χ3v) is 5.19. The van der Waals surface area contributed by atoms with Crippen LogP contribution in [0.5, 0.6) is 0 Å². The molecular weight excluding hydrogens is 371 g/mol. The van der Waals surface area contributed by atoms with Crippen LogP contribution >= 0.6 is 0 Å². The molecule has 6 heteroatoms. The largest absolute Gasteiger partial charge is 0.452 e. The van der Waals surface area contributed by atoms with Crippen LogP contribution in [0.25, 0.3) is 10.9 Å². The molecule has 0 aliphatic heterocycles. The number of hydrogen-bond acceptors (Lipinski definition) is 4. The Morgan fingerprint density at radius 1 is 1.17 bits per heavy atom. The molecule has 3 aromatic rings. The van der Waals surface area contributed by atoms with Gasteiger partial charge in [-0.3, -0.25) is 9.78 Å². The molecule has 148 valence electrons. The maximum Gasteiger partial charge on any atom is 0.339 e. The van der Waals surface area contributed by atoms with E-state index in [2.05, 4.69) is 12.2 Å². The van der Waals surface area contributed by atoms with Crippen molar-refractivity contribution < 1.29 is 18.7 Å². The Morgan fingerprint density at radius 3 is 2.76 bits per heavy atom. The number of fused-ring (bicyclic) bond motifs is 2. The van der Waals surface area contributed by atoms with E-state index in [4.69, 9.17) is 9.72 Å². The van der Waals surface area contributed by atoms with E-state index in [9.17, 15) is 14.0 Å². The number of aryl methyl sites for hydroxylation is 1. The summed E-state index contributed by atoms with van der Waals surface area (Å²) in [5.41, 5.74) is 3.10. The molecule has 0 unspecified atom stereocenters. The number of rotatable bonds is 4. The molecule has 2 aromatic carbocycles. The summed E-state index contributed by atoms with van der Waals surface area (Å²) < 4.78 is 19.0. The summed E-state index contributed by atoms with van der Waals surface area (Å²) >= 11 is 0. The minimum Gasteiger partial charge on any atom is -0.452 e. The Bertz CT molecular complexity index is 1100. The second-order valence-electron chi connectivity index (χ2n) is 7.38. The summed E-state index contributed by atoms with van der Waals surface area (Å²) in [6.45, 7) is 1.66. The summed E-state index contributed by atoms with van der Waals surface area (Å²) in [4.78, 5) is 29.8. The molecule has 1 aliphatic rings. The Labute approximate surface area is 167 Å². The van der Waals surface area contributed by atoms with Gasteiger partial charge in [0.2, 0.25) is 0 Å². The lowest BCUT2D eigenvalue weighted by molar-refractivity contribution is -0.119. The maximum absolute atomic E-state index is 13.7. The number of nitrogens with one attached hydrogen (secondary N) is 1. The SMILES string of the molecule is C[C@H]1CCc2nc3ccccc3c(C(=O)OCC(=O)Nc3ccccc3F)c2C1. The number of halogens is 1. The number of nitrogens with zero attached hydrogens (tertiary/aromatic N) is 1. The zero-order valence-electron chi connectivity index (χ0n) is 16.1. The van der Waals surface area contributed by atoms with Gasteiger partial charge in [-0.1, -0.05) is 37.3 Å². The van der Waals surface area contributed by atoms with Gasteiger partial charge < -0.3 is 10.1 Å². The molecule has 1 heterocycles. The van der Waals surface area contributed by atoms with E-state index in [0.717, 1.165) is 41.4 Å². The predicted molar refractivity (Wildman–Crippen MR) is 108 cm³/mol. The fraction of sp³-hybridized carbons (Fsp3) is 0.261. The first kappa shape index (κ1) is 19.1. The predicted octanol–water partition coefficient (Wildman–Crippen LogP) is 4.29.